The summed E-state index contributed by atoms with van der Waals surface area (Å²) in [6.45, 7) is 0. The first-order valence-electron chi connectivity index (χ1n) is 10.3. The maximum absolute atomic E-state index is 10.9. The molecule has 0 aromatic heterocycles. The molecule has 2 aromatic rings. The molecule has 3 atom stereocenters. The van der Waals surface area contributed by atoms with E-state index in [1.165, 1.54) is 16.7 Å². The van der Waals surface area contributed by atoms with Crippen molar-refractivity contribution in [3.63, 3.8) is 0 Å². The Morgan fingerprint density at radius 3 is 2.71 bits per heavy atom. The van der Waals surface area contributed by atoms with Crippen LogP contribution in [0.1, 0.15) is 55.2 Å². The van der Waals surface area contributed by atoms with Crippen LogP contribution >= 0.6 is 11.6 Å². The van der Waals surface area contributed by atoms with Gasteiger partial charge in [0.1, 0.15) is 11.4 Å². The van der Waals surface area contributed by atoms with Gasteiger partial charge in [-0.25, -0.2) is 0 Å². The van der Waals surface area contributed by atoms with Crippen molar-refractivity contribution < 1.29 is 10.2 Å². The highest BCUT2D eigenvalue weighted by atomic mass is 35.5. The molecule has 0 heterocycles. The van der Waals surface area contributed by atoms with E-state index in [4.69, 9.17) is 11.6 Å². The van der Waals surface area contributed by atoms with Gasteiger partial charge in [-0.15, -0.1) is 0 Å². The smallest absolute Gasteiger partial charge is 0.127 e. The van der Waals surface area contributed by atoms with Gasteiger partial charge in [0.15, 0.2) is 0 Å². The maximum atomic E-state index is 10.9. The van der Waals surface area contributed by atoms with Gasteiger partial charge in [-0.1, -0.05) is 42.3 Å². The molecule has 0 radical (unpaired) electrons. The van der Waals surface area contributed by atoms with Crippen LogP contribution in [0.2, 0.25) is 0 Å². The summed E-state index contributed by atoms with van der Waals surface area (Å²) in [7, 11) is 0. The second-order valence-corrected chi connectivity index (χ2v) is 8.72. The summed E-state index contributed by atoms with van der Waals surface area (Å²) in [5.74, 6) is 3.59. The van der Waals surface area contributed by atoms with Crippen molar-refractivity contribution in [2.45, 2.75) is 62.4 Å². The lowest BCUT2D eigenvalue weighted by atomic mass is 9.53. The zero-order valence-electron chi connectivity index (χ0n) is 16.1. The first-order valence-corrected chi connectivity index (χ1v) is 10.6. The van der Waals surface area contributed by atoms with Crippen LogP contribution in [0.4, 0.5) is 0 Å². The predicted molar refractivity (Wildman–Crippen MR) is 113 cm³/mol. The van der Waals surface area contributed by atoms with E-state index >= 15 is 0 Å². The topological polar surface area (TPSA) is 40.5 Å². The number of phenolic OH excluding ortho intramolecular Hbond substituents is 1. The summed E-state index contributed by atoms with van der Waals surface area (Å²) in [5, 5.41) is 23.3. The van der Waals surface area contributed by atoms with E-state index in [0.717, 1.165) is 38.5 Å². The van der Waals surface area contributed by atoms with Crippen LogP contribution in [-0.4, -0.2) is 15.8 Å². The van der Waals surface area contributed by atoms with Crippen LogP contribution in [0.25, 0.3) is 0 Å². The van der Waals surface area contributed by atoms with E-state index in [1.807, 2.05) is 12.1 Å². The van der Waals surface area contributed by atoms with E-state index in [0.29, 0.717) is 24.5 Å². The van der Waals surface area contributed by atoms with E-state index in [-0.39, 0.29) is 5.41 Å². The molecule has 2 aliphatic rings. The van der Waals surface area contributed by atoms with E-state index in [9.17, 15) is 10.2 Å². The zero-order valence-corrected chi connectivity index (χ0v) is 16.9. The minimum Gasteiger partial charge on any atom is -0.508 e. The average Bonchev–Trinajstić information content (AvgIpc) is 2.69. The number of halogens is 1. The third-order valence-electron chi connectivity index (χ3n) is 6.95. The first kappa shape index (κ1) is 19.4. The van der Waals surface area contributed by atoms with Crippen LogP contribution in [0.15, 0.2) is 48.5 Å². The highest BCUT2D eigenvalue weighted by Crippen LogP contribution is 2.55. The van der Waals surface area contributed by atoms with Gasteiger partial charge in [-0.2, -0.15) is 0 Å². The Morgan fingerprint density at radius 1 is 1.11 bits per heavy atom. The van der Waals surface area contributed by atoms with Gasteiger partial charge in [0, 0.05) is 5.38 Å². The Morgan fingerprint density at radius 2 is 1.93 bits per heavy atom. The fourth-order valence-electron chi connectivity index (χ4n) is 5.59. The molecule has 1 saturated carbocycles. The van der Waals surface area contributed by atoms with Gasteiger partial charge in [-0.3, -0.25) is 0 Å². The van der Waals surface area contributed by atoms with Crippen molar-refractivity contribution in [3.8, 4) is 17.0 Å². The molecule has 1 fully saturated rings. The first-order chi connectivity index (χ1) is 13.5. The van der Waals surface area contributed by atoms with Gasteiger partial charge >= 0.3 is 0 Å². The largest absolute Gasteiger partial charge is 0.508 e. The second-order valence-electron chi connectivity index (χ2n) is 8.53. The Hall–Kier alpha value is -1.95. The SMILES string of the molecule is Oc1ccc2c(c1)CC[C@@H]1C[C@](O)(C#CCl)CC[C@@]21CCCc1ccccc1. The number of rotatable bonds is 4. The van der Waals surface area contributed by atoms with Gasteiger partial charge in [0.25, 0.3) is 0 Å². The number of aliphatic hydroxyl groups is 1. The summed E-state index contributed by atoms with van der Waals surface area (Å²) in [4.78, 5) is 0. The summed E-state index contributed by atoms with van der Waals surface area (Å²) in [6.07, 6.45) is 7.47. The molecule has 0 aliphatic heterocycles. The third-order valence-corrected chi connectivity index (χ3v) is 7.04. The van der Waals surface area contributed by atoms with Crippen molar-refractivity contribution in [2.24, 2.45) is 5.92 Å². The highest BCUT2D eigenvalue weighted by molar-refractivity contribution is 6.30. The minimum atomic E-state index is -0.968. The number of hydrogen-bond donors (Lipinski definition) is 2. The standard InChI is InChI=1S/C25H27ClO2/c26-16-15-24(28)13-14-25(12-4-7-19-5-2-1-3-6-19)21(18-24)9-8-20-17-22(27)10-11-23(20)25/h1-3,5-6,10-11,17,21,27-28H,4,7-9,12-14,18H2/t21-,24-,25-/m1/s1. The zero-order chi connectivity index (χ0) is 19.6. The fourth-order valence-corrected chi connectivity index (χ4v) is 5.77. The number of aryl methyl sites for hydroxylation is 2. The van der Waals surface area contributed by atoms with Crippen molar-refractivity contribution >= 4 is 11.6 Å². The van der Waals surface area contributed by atoms with Crippen LogP contribution in [0.5, 0.6) is 5.75 Å². The quantitative estimate of drug-likeness (QED) is 0.688. The molecule has 0 unspecified atom stereocenters. The van der Waals surface area contributed by atoms with Crippen LogP contribution in [0.3, 0.4) is 0 Å². The molecule has 146 valence electrons. The highest BCUT2D eigenvalue weighted by Gasteiger charge is 2.50. The van der Waals surface area contributed by atoms with Gasteiger partial charge < -0.3 is 10.2 Å². The molecule has 3 heteroatoms. The van der Waals surface area contributed by atoms with Gasteiger partial charge in [0.2, 0.25) is 0 Å². The molecule has 4 rings (SSSR count). The lowest BCUT2D eigenvalue weighted by molar-refractivity contribution is -0.0112. The van der Waals surface area contributed by atoms with E-state index in [2.05, 4.69) is 47.7 Å². The monoisotopic (exact) mass is 394 g/mol. The molecule has 2 N–H and O–H groups in total. The Bertz CT molecular complexity index is 898. The van der Waals surface area contributed by atoms with Gasteiger partial charge in [0.05, 0.1) is 0 Å². The van der Waals surface area contributed by atoms with Crippen molar-refractivity contribution in [1.29, 1.82) is 0 Å². The van der Waals surface area contributed by atoms with E-state index in [1.54, 1.807) is 0 Å². The van der Waals surface area contributed by atoms with Crippen LogP contribution < -0.4 is 0 Å². The van der Waals surface area contributed by atoms with Crippen LogP contribution in [-0.2, 0) is 18.3 Å². The molecule has 2 nitrogen and oxygen atoms in total. The van der Waals surface area contributed by atoms with Crippen LogP contribution in [0, 0.1) is 17.2 Å². The summed E-state index contributed by atoms with van der Waals surface area (Å²) in [6, 6.07) is 16.5. The Kier molecular flexibility index (Phi) is 5.41. The van der Waals surface area contributed by atoms with Crippen molar-refractivity contribution in [1.82, 2.24) is 0 Å². The molecule has 0 bridgehead atoms. The average molecular weight is 395 g/mol. The second kappa shape index (κ2) is 7.82. The normalized spacial score (nSPS) is 28.6. The Labute approximate surface area is 172 Å². The molecular weight excluding hydrogens is 368 g/mol. The van der Waals surface area contributed by atoms with Gasteiger partial charge in [-0.05, 0) is 103 Å². The van der Waals surface area contributed by atoms with Crippen molar-refractivity contribution in [2.75, 3.05) is 0 Å². The lowest BCUT2D eigenvalue weighted by Crippen LogP contribution is -2.49. The number of aromatic hydroxyl groups is 1. The molecule has 2 aromatic carbocycles. The third kappa shape index (κ3) is 3.66. The molecular formula is C25H27ClO2. The van der Waals surface area contributed by atoms with Crippen molar-refractivity contribution in [3.05, 3.63) is 65.2 Å². The minimum absolute atomic E-state index is 0.0519. The summed E-state index contributed by atoms with van der Waals surface area (Å²) < 4.78 is 0. The maximum Gasteiger partial charge on any atom is 0.127 e. The van der Waals surface area contributed by atoms with E-state index < -0.39 is 5.60 Å². The molecule has 28 heavy (non-hydrogen) atoms. The predicted octanol–water partition coefficient (Wildman–Crippen LogP) is 5.33. The molecule has 2 aliphatic carbocycles. The Balaban J connectivity index is 1.63. The number of hydrogen-bond acceptors (Lipinski definition) is 2. The molecule has 0 amide bonds. The molecule has 0 spiro atoms. The molecule has 0 saturated heterocycles. The number of fused-ring (bicyclic) bond motifs is 3. The summed E-state index contributed by atoms with van der Waals surface area (Å²) >= 11 is 5.64. The lowest BCUT2D eigenvalue weighted by Gasteiger charge is -2.52. The number of phenols is 1. The fraction of sp³-hybridized carbons (Fsp3) is 0.440. The number of benzene rings is 2. The summed E-state index contributed by atoms with van der Waals surface area (Å²) in [5.41, 5.74) is 3.10.